The van der Waals surface area contributed by atoms with Crippen LogP contribution in [0.5, 0.6) is 0 Å². The Morgan fingerprint density at radius 1 is 1.29 bits per heavy atom. The van der Waals surface area contributed by atoms with Gasteiger partial charge < -0.3 is 10.7 Å². The number of likely N-dealkylation sites (tertiary alicyclic amines) is 1. The minimum atomic E-state index is -0.596. The number of hydrazine groups is 1. The molecule has 114 valence electrons. The number of carbonyl (C=O) groups is 2. The van der Waals surface area contributed by atoms with Gasteiger partial charge in [0.1, 0.15) is 23.5 Å². The second-order valence-electron chi connectivity index (χ2n) is 5.40. The SMILES string of the molecule is Cc1c(NN)nc(C(C)C)nc1NC1CC(=O)N(C)C1=O. The van der Waals surface area contributed by atoms with E-state index in [1.54, 1.807) is 6.92 Å². The Hall–Kier alpha value is -2.22. The summed E-state index contributed by atoms with van der Waals surface area (Å²) in [6.45, 7) is 5.73. The van der Waals surface area contributed by atoms with Crippen molar-refractivity contribution in [2.45, 2.75) is 39.2 Å². The van der Waals surface area contributed by atoms with Crippen LogP contribution in [0.4, 0.5) is 11.6 Å². The standard InChI is InChI=1S/C13H20N6O2/c1-6(2)10-16-11(7(3)12(17-10)18-14)15-8-5-9(20)19(4)13(8)21/h6,8H,5,14H2,1-4H3,(H2,15,16,17,18). The van der Waals surface area contributed by atoms with Crippen molar-refractivity contribution in [3.8, 4) is 0 Å². The number of nitrogens with zero attached hydrogens (tertiary/aromatic N) is 3. The van der Waals surface area contributed by atoms with E-state index in [1.165, 1.54) is 7.05 Å². The van der Waals surface area contributed by atoms with E-state index in [0.29, 0.717) is 23.0 Å². The number of nitrogens with one attached hydrogen (secondary N) is 2. The lowest BCUT2D eigenvalue weighted by molar-refractivity contribution is -0.136. The minimum absolute atomic E-state index is 0.113. The Morgan fingerprint density at radius 2 is 1.90 bits per heavy atom. The van der Waals surface area contributed by atoms with Gasteiger partial charge >= 0.3 is 0 Å². The van der Waals surface area contributed by atoms with Crippen LogP contribution in [0.1, 0.15) is 37.6 Å². The fraction of sp³-hybridized carbons (Fsp3) is 0.538. The molecule has 1 aromatic rings. The maximum atomic E-state index is 12.0. The lowest BCUT2D eigenvalue weighted by Gasteiger charge is -2.17. The third kappa shape index (κ3) is 2.80. The molecule has 0 aromatic carbocycles. The lowest BCUT2D eigenvalue weighted by atomic mass is 10.2. The van der Waals surface area contributed by atoms with E-state index in [0.717, 1.165) is 4.90 Å². The van der Waals surface area contributed by atoms with Gasteiger partial charge in [-0.25, -0.2) is 15.8 Å². The van der Waals surface area contributed by atoms with Crippen LogP contribution in [-0.2, 0) is 9.59 Å². The average Bonchev–Trinajstić information content (AvgIpc) is 2.68. The summed E-state index contributed by atoms with van der Waals surface area (Å²) in [6.07, 6.45) is 0.126. The van der Waals surface area contributed by atoms with Crippen molar-refractivity contribution < 1.29 is 9.59 Å². The fourth-order valence-corrected chi connectivity index (χ4v) is 2.11. The Balaban J connectivity index is 2.33. The Bertz CT molecular complexity index is 586. The first-order chi connectivity index (χ1) is 9.85. The van der Waals surface area contributed by atoms with Crippen LogP contribution in [0.25, 0.3) is 0 Å². The van der Waals surface area contributed by atoms with Crippen LogP contribution in [0, 0.1) is 6.92 Å². The fourth-order valence-electron chi connectivity index (χ4n) is 2.11. The van der Waals surface area contributed by atoms with Crippen LogP contribution in [0.15, 0.2) is 0 Å². The molecule has 0 aliphatic carbocycles. The number of amides is 2. The molecule has 2 amide bonds. The van der Waals surface area contributed by atoms with E-state index in [4.69, 9.17) is 5.84 Å². The quantitative estimate of drug-likeness (QED) is 0.417. The number of likely N-dealkylation sites (N-methyl/N-ethyl adjacent to an activating group) is 1. The van der Waals surface area contributed by atoms with E-state index < -0.39 is 6.04 Å². The van der Waals surface area contributed by atoms with Crippen LogP contribution < -0.4 is 16.6 Å². The lowest BCUT2D eigenvalue weighted by Crippen LogP contribution is -2.32. The molecule has 1 aliphatic rings. The molecule has 0 radical (unpaired) electrons. The van der Waals surface area contributed by atoms with E-state index in [1.807, 2.05) is 13.8 Å². The smallest absolute Gasteiger partial charge is 0.251 e. The maximum Gasteiger partial charge on any atom is 0.251 e. The van der Waals surface area contributed by atoms with Gasteiger partial charge in [-0.2, -0.15) is 0 Å². The van der Waals surface area contributed by atoms with E-state index in [9.17, 15) is 9.59 Å². The monoisotopic (exact) mass is 292 g/mol. The van der Waals surface area contributed by atoms with E-state index in [2.05, 4.69) is 20.7 Å². The summed E-state index contributed by atoms with van der Waals surface area (Å²) in [5, 5.41) is 3.03. The highest BCUT2D eigenvalue weighted by Crippen LogP contribution is 2.25. The second kappa shape index (κ2) is 5.65. The number of nitrogens with two attached hydrogens (primary N) is 1. The molecule has 1 fully saturated rings. The van der Waals surface area contributed by atoms with Crippen molar-refractivity contribution in [1.82, 2.24) is 14.9 Å². The maximum absolute atomic E-state index is 12.0. The normalized spacial score (nSPS) is 18.6. The van der Waals surface area contributed by atoms with Crippen LogP contribution in [-0.4, -0.2) is 39.8 Å². The Labute approximate surface area is 123 Å². The molecule has 21 heavy (non-hydrogen) atoms. The molecule has 1 unspecified atom stereocenters. The molecule has 2 rings (SSSR count). The predicted molar refractivity (Wildman–Crippen MR) is 78.5 cm³/mol. The highest BCUT2D eigenvalue weighted by Gasteiger charge is 2.36. The highest BCUT2D eigenvalue weighted by atomic mass is 16.2. The minimum Gasteiger partial charge on any atom is -0.358 e. The molecule has 8 nitrogen and oxygen atoms in total. The van der Waals surface area contributed by atoms with Crippen molar-refractivity contribution in [2.75, 3.05) is 17.8 Å². The van der Waals surface area contributed by atoms with Gasteiger partial charge in [-0.05, 0) is 6.92 Å². The molecule has 8 heteroatoms. The number of rotatable bonds is 4. The Morgan fingerprint density at radius 3 is 2.38 bits per heavy atom. The topological polar surface area (TPSA) is 113 Å². The van der Waals surface area contributed by atoms with E-state index in [-0.39, 0.29) is 24.2 Å². The van der Waals surface area contributed by atoms with Crippen molar-refractivity contribution in [1.29, 1.82) is 0 Å². The van der Waals surface area contributed by atoms with Gasteiger partial charge in [0.25, 0.3) is 5.91 Å². The van der Waals surface area contributed by atoms with Gasteiger partial charge in [-0.1, -0.05) is 13.8 Å². The van der Waals surface area contributed by atoms with Gasteiger partial charge in [0.15, 0.2) is 0 Å². The summed E-state index contributed by atoms with van der Waals surface area (Å²) in [7, 11) is 1.48. The summed E-state index contributed by atoms with van der Waals surface area (Å²) in [6, 6.07) is -0.596. The van der Waals surface area contributed by atoms with Crippen molar-refractivity contribution in [2.24, 2.45) is 5.84 Å². The summed E-state index contributed by atoms with van der Waals surface area (Å²) in [5.41, 5.74) is 3.24. The molecular weight excluding hydrogens is 272 g/mol. The molecule has 0 spiro atoms. The molecule has 4 N–H and O–H groups in total. The first kappa shape index (κ1) is 15.2. The van der Waals surface area contributed by atoms with E-state index >= 15 is 0 Å². The zero-order valence-electron chi connectivity index (χ0n) is 12.6. The first-order valence-electron chi connectivity index (χ1n) is 6.77. The molecule has 0 saturated carbocycles. The second-order valence-corrected chi connectivity index (χ2v) is 5.40. The number of carbonyl (C=O) groups excluding carboxylic acids is 2. The van der Waals surface area contributed by atoms with Gasteiger partial charge in [-0.3, -0.25) is 14.5 Å². The molecule has 0 bridgehead atoms. The third-order valence-corrected chi connectivity index (χ3v) is 3.51. The summed E-state index contributed by atoms with van der Waals surface area (Å²) < 4.78 is 0. The van der Waals surface area contributed by atoms with Crippen molar-refractivity contribution >= 4 is 23.5 Å². The predicted octanol–water partition coefficient (Wildman–Crippen LogP) is 0.363. The van der Waals surface area contributed by atoms with Crippen molar-refractivity contribution in [3.05, 3.63) is 11.4 Å². The zero-order valence-corrected chi connectivity index (χ0v) is 12.6. The average molecular weight is 292 g/mol. The highest BCUT2D eigenvalue weighted by molar-refractivity contribution is 6.06. The largest absolute Gasteiger partial charge is 0.358 e. The molecule has 1 aliphatic heterocycles. The summed E-state index contributed by atoms with van der Waals surface area (Å²) in [5.74, 6) is 6.75. The molecule has 1 saturated heterocycles. The number of hydrogen-bond donors (Lipinski definition) is 3. The molecular formula is C13H20N6O2. The van der Waals surface area contributed by atoms with Gasteiger partial charge in [0, 0.05) is 18.5 Å². The van der Waals surface area contributed by atoms with Crippen molar-refractivity contribution in [3.63, 3.8) is 0 Å². The van der Waals surface area contributed by atoms with Crippen LogP contribution in [0.2, 0.25) is 0 Å². The first-order valence-corrected chi connectivity index (χ1v) is 6.77. The summed E-state index contributed by atoms with van der Waals surface area (Å²) in [4.78, 5) is 33.4. The number of anilines is 2. The number of aromatic nitrogens is 2. The number of hydrogen-bond acceptors (Lipinski definition) is 7. The van der Waals surface area contributed by atoms with Gasteiger partial charge in [0.05, 0.1) is 6.42 Å². The Kier molecular flexibility index (Phi) is 4.08. The third-order valence-electron chi connectivity index (χ3n) is 3.51. The number of imide groups is 1. The molecule has 2 heterocycles. The molecule has 1 aromatic heterocycles. The van der Waals surface area contributed by atoms with Crippen LogP contribution in [0.3, 0.4) is 0 Å². The van der Waals surface area contributed by atoms with Gasteiger partial charge in [0.2, 0.25) is 5.91 Å². The van der Waals surface area contributed by atoms with Crippen LogP contribution >= 0.6 is 0 Å². The molecule has 1 atom stereocenters. The summed E-state index contributed by atoms with van der Waals surface area (Å²) >= 11 is 0. The zero-order chi connectivity index (χ0) is 15.7. The van der Waals surface area contributed by atoms with Gasteiger partial charge in [-0.15, -0.1) is 0 Å². The number of nitrogen functional groups attached to an aromatic ring is 1.